The quantitative estimate of drug-likeness (QED) is 0.557. The van der Waals surface area contributed by atoms with Crippen molar-refractivity contribution in [1.82, 2.24) is 4.90 Å². The van der Waals surface area contributed by atoms with Gasteiger partial charge in [0.2, 0.25) is 0 Å². The number of hydrogen-bond acceptors (Lipinski definition) is 1. The van der Waals surface area contributed by atoms with Crippen LogP contribution in [0, 0.1) is 31.1 Å². The molecular formula is C23H20ClF3N2O. The number of benzene rings is 2. The van der Waals surface area contributed by atoms with E-state index in [1.54, 1.807) is 30.3 Å². The minimum Gasteiger partial charge on any atom is -0.307 e. The fraction of sp³-hybridized carbons (Fsp3) is 0.261. The van der Waals surface area contributed by atoms with Crippen LogP contribution in [0.25, 0.3) is 0 Å². The van der Waals surface area contributed by atoms with E-state index in [0.717, 1.165) is 4.90 Å². The number of terminal acetylenes is 2. The molecule has 2 amide bonds. The number of nitrogens with one attached hydrogen (secondary N) is 1. The highest BCUT2D eigenvalue weighted by Crippen LogP contribution is 2.45. The molecule has 1 saturated carbocycles. The molecule has 1 N–H and O–H groups in total. The second-order valence-electron chi connectivity index (χ2n) is 6.66. The van der Waals surface area contributed by atoms with Crippen LogP contribution in [0.5, 0.6) is 0 Å². The van der Waals surface area contributed by atoms with E-state index in [2.05, 4.69) is 24.1 Å². The van der Waals surface area contributed by atoms with Gasteiger partial charge in [-0.2, -0.15) is 13.2 Å². The second-order valence-corrected chi connectivity index (χ2v) is 7.10. The van der Waals surface area contributed by atoms with Gasteiger partial charge in [-0.15, -0.1) is 25.2 Å². The van der Waals surface area contributed by atoms with Crippen LogP contribution in [0.4, 0.5) is 23.7 Å². The summed E-state index contributed by atoms with van der Waals surface area (Å²) in [4.78, 5) is 13.0. The third-order valence-electron chi connectivity index (χ3n) is 4.44. The molecule has 0 spiro atoms. The van der Waals surface area contributed by atoms with E-state index in [4.69, 9.17) is 18.0 Å². The minimum absolute atomic E-state index is 0.0551. The Labute approximate surface area is 179 Å². The van der Waals surface area contributed by atoms with Gasteiger partial charge < -0.3 is 10.2 Å². The molecule has 2 aromatic carbocycles. The lowest BCUT2D eigenvalue weighted by Gasteiger charge is -2.38. The molecule has 3 nitrogen and oxygen atoms in total. The average Bonchev–Trinajstić information content (AvgIpc) is 3.55. The number of carbonyl (C=O) groups excluding carboxylic acids is 1. The lowest BCUT2D eigenvalue weighted by Crippen LogP contribution is -2.47. The molecule has 1 aliphatic heterocycles. The van der Waals surface area contributed by atoms with E-state index in [-0.39, 0.29) is 22.8 Å². The molecule has 1 fully saturated rings. The van der Waals surface area contributed by atoms with Crippen molar-refractivity contribution < 1.29 is 18.0 Å². The van der Waals surface area contributed by atoms with Gasteiger partial charge in [-0.05, 0) is 36.6 Å². The summed E-state index contributed by atoms with van der Waals surface area (Å²) in [6.45, 7) is -0.150. The van der Waals surface area contributed by atoms with Crippen LogP contribution in [-0.4, -0.2) is 17.1 Å². The topological polar surface area (TPSA) is 32.3 Å². The van der Waals surface area contributed by atoms with Gasteiger partial charge in [0.05, 0.1) is 0 Å². The van der Waals surface area contributed by atoms with Gasteiger partial charge in [-0.25, -0.2) is 4.79 Å². The summed E-state index contributed by atoms with van der Waals surface area (Å²) < 4.78 is 40.8. The van der Waals surface area contributed by atoms with Crippen molar-refractivity contribution in [2.24, 2.45) is 5.92 Å². The van der Waals surface area contributed by atoms with E-state index in [1.165, 1.54) is 31.0 Å². The van der Waals surface area contributed by atoms with Crippen LogP contribution in [0.1, 0.15) is 30.0 Å². The van der Waals surface area contributed by atoms with Crippen LogP contribution in [-0.2, 0) is 6.54 Å². The van der Waals surface area contributed by atoms with Crippen molar-refractivity contribution in [3.8, 4) is 25.2 Å². The van der Waals surface area contributed by atoms with E-state index < -0.39 is 18.2 Å². The highest BCUT2D eigenvalue weighted by molar-refractivity contribution is 6.30. The number of halogens is 4. The Balaban J connectivity index is 0.000000393. The van der Waals surface area contributed by atoms with Crippen molar-refractivity contribution in [2.45, 2.75) is 31.6 Å². The molecule has 0 unspecified atom stereocenters. The number of amides is 2. The average molecular weight is 433 g/mol. The van der Waals surface area contributed by atoms with Crippen molar-refractivity contribution in [1.29, 1.82) is 0 Å². The number of hydrogen-bond donors (Lipinski definition) is 1. The smallest absolute Gasteiger partial charge is 0.307 e. The first-order chi connectivity index (χ1) is 14.3. The Kier molecular flexibility index (Phi) is 7.80. The highest BCUT2D eigenvalue weighted by atomic mass is 35.5. The summed E-state index contributed by atoms with van der Waals surface area (Å²) in [5, 5.41) is 2.68. The summed E-state index contributed by atoms with van der Waals surface area (Å²) in [5.41, 5.74) is 0.689. The first kappa shape index (κ1) is 23.2. The van der Waals surface area contributed by atoms with Gasteiger partial charge in [0.1, 0.15) is 0 Å². The summed E-state index contributed by atoms with van der Waals surface area (Å²) >= 11 is 5.84. The summed E-state index contributed by atoms with van der Waals surface area (Å²) in [7, 11) is 0. The summed E-state index contributed by atoms with van der Waals surface area (Å²) in [6.07, 6.45) is 10.9. The maximum absolute atomic E-state index is 13.6. The molecule has 2 aliphatic rings. The molecule has 156 valence electrons. The van der Waals surface area contributed by atoms with Crippen LogP contribution in [0.15, 0.2) is 48.5 Å². The largest absolute Gasteiger partial charge is 0.413 e. The third kappa shape index (κ3) is 5.95. The van der Waals surface area contributed by atoms with Gasteiger partial charge in [0.25, 0.3) is 0 Å². The van der Waals surface area contributed by atoms with Gasteiger partial charge in [-0.3, -0.25) is 0 Å². The molecule has 2 aromatic rings. The van der Waals surface area contributed by atoms with Crippen LogP contribution < -0.4 is 5.32 Å². The molecule has 1 aliphatic carbocycles. The van der Waals surface area contributed by atoms with E-state index in [0.29, 0.717) is 11.5 Å². The minimum atomic E-state index is -4.61. The molecule has 7 heteroatoms. The molecule has 0 radical (unpaired) electrons. The zero-order valence-electron chi connectivity index (χ0n) is 16.0. The van der Waals surface area contributed by atoms with Crippen molar-refractivity contribution in [3.05, 3.63) is 64.7 Å². The SMILES string of the molecule is C#C.C#CC1CC1.O=C1Nc2ccc(Cl)cc2[C@@H](C(F)(F)F)N1Cc1ccccc1. The van der Waals surface area contributed by atoms with Gasteiger partial charge in [0, 0.05) is 28.7 Å². The van der Waals surface area contributed by atoms with Crippen molar-refractivity contribution in [2.75, 3.05) is 5.32 Å². The lowest BCUT2D eigenvalue weighted by molar-refractivity contribution is -0.179. The number of alkyl halides is 3. The fourth-order valence-corrected chi connectivity index (χ4v) is 3.07. The Morgan fingerprint density at radius 1 is 1.13 bits per heavy atom. The first-order valence-electron chi connectivity index (χ1n) is 9.06. The first-order valence-corrected chi connectivity index (χ1v) is 9.44. The number of urea groups is 1. The number of rotatable bonds is 2. The van der Waals surface area contributed by atoms with Crippen LogP contribution in [0.2, 0.25) is 5.02 Å². The van der Waals surface area contributed by atoms with Crippen molar-refractivity contribution in [3.63, 3.8) is 0 Å². The van der Waals surface area contributed by atoms with Crippen molar-refractivity contribution >= 4 is 23.3 Å². The van der Waals surface area contributed by atoms with Crippen LogP contribution in [0.3, 0.4) is 0 Å². The maximum Gasteiger partial charge on any atom is 0.413 e. The number of carbonyl (C=O) groups is 1. The summed E-state index contributed by atoms with van der Waals surface area (Å²) in [6, 6.07) is 9.78. The molecular weight excluding hydrogens is 413 g/mol. The molecule has 1 heterocycles. The Morgan fingerprint density at radius 3 is 2.27 bits per heavy atom. The molecule has 1 atom stereocenters. The Morgan fingerprint density at radius 2 is 1.77 bits per heavy atom. The Hall–Kier alpha value is -3.09. The van der Waals surface area contributed by atoms with E-state index >= 15 is 0 Å². The zero-order chi connectivity index (χ0) is 22.3. The monoisotopic (exact) mass is 432 g/mol. The van der Waals surface area contributed by atoms with Gasteiger partial charge in [-0.1, -0.05) is 41.9 Å². The van der Waals surface area contributed by atoms with E-state index in [9.17, 15) is 18.0 Å². The number of nitrogens with zero attached hydrogens (tertiary/aromatic N) is 1. The predicted molar refractivity (Wildman–Crippen MR) is 113 cm³/mol. The molecule has 0 aromatic heterocycles. The standard InChI is InChI=1S/C16H12ClF3N2O.C5H6.C2H2/c17-11-6-7-13-12(8-11)14(16(18,19)20)22(15(23)21-13)9-10-4-2-1-3-5-10;1-2-5-3-4-5;1-2/h1-8,14H,9H2,(H,21,23);1,5H,3-4H2;1-2H/t14-;;/m0../s1. The molecule has 4 rings (SSSR count). The highest BCUT2D eigenvalue weighted by Gasteiger charge is 2.49. The third-order valence-corrected chi connectivity index (χ3v) is 4.68. The summed E-state index contributed by atoms with van der Waals surface area (Å²) in [5.74, 6) is 3.30. The lowest BCUT2D eigenvalue weighted by atomic mass is 9.99. The second kappa shape index (κ2) is 10.1. The number of anilines is 1. The molecule has 30 heavy (non-hydrogen) atoms. The Bertz CT molecular complexity index is 931. The van der Waals surface area contributed by atoms with Crippen LogP contribution >= 0.6 is 11.6 Å². The molecule has 0 bridgehead atoms. The van der Waals surface area contributed by atoms with Gasteiger partial charge in [0.15, 0.2) is 6.04 Å². The zero-order valence-corrected chi connectivity index (χ0v) is 16.8. The van der Waals surface area contributed by atoms with E-state index in [1.807, 2.05) is 0 Å². The fourth-order valence-electron chi connectivity index (χ4n) is 2.89. The maximum atomic E-state index is 13.6. The number of fused-ring (bicyclic) bond motifs is 1. The normalized spacial score (nSPS) is 17.2. The van der Waals surface area contributed by atoms with Gasteiger partial charge >= 0.3 is 12.2 Å². The predicted octanol–water partition coefficient (Wildman–Crippen LogP) is 6.27. The molecule has 0 saturated heterocycles.